The molecule has 3 rings (SSSR count). The molecule has 0 spiro atoms. The van der Waals surface area contributed by atoms with Crippen LogP contribution in [0.3, 0.4) is 0 Å². The Morgan fingerprint density at radius 2 is 1.92 bits per heavy atom. The van der Waals surface area contributed by atoms with Gasteiger partial charge >= 0.3 is 0 Å². The predicted molar refractivity (Wildman–Crippen MR) is 52.5 cm³/mol. The third-order valence-corrected chi connectivity index (χ3v) is 3.26. The predicted octanol–water partition coefficient (Wildman–Crippen LogP) is 3.04. The summed E-state index contributed by atoms with van der Waals surface area (Å²) in [5.74, 6) is 1.55. The third-order valence-electron chi connectivity index (χ3n) is 3.26. The van der Waals surface area contributed by atoms with Crippen molar-refractivity contribution in [1.29, 1.82) is 0 Å². The van der Waals surface area contributed by atoms with Crippen molar-refractivity contribution >= 4 is 0 Å². The van der Waals surface area contributed by atoms with Crippen LogP contribution in [0, 0.1) is 6.42 Å². The van der Waals surface area contributed by atoms with Gasteiger partial charge in [0.1, 0.15) is 0 Å². The van der Waals surface area contributed by atoms with Crippen LogP contribution in [-0.2, 0) is 0 Å². The van der Waals surface area contributed by atoms with E-state index in [-0.39, 0.29) is 0 Å². The number of rotatable bonds is 2. The second-order valence-corrected chi connectivity index (χ2v) is 4.26. The molecule has 67 valence electrons. The highest BCUT2D eigenvalue weighted by Crippen LogP contribution is 2.41. The van der Waals surface area contributed by atoms with E-state index in [1.807, 2.05) is 6.20 Å². The van der Waals surface area contributed by atoms with Gasteiger partial charge in [0.15, 0.2) is 0 Å². The summed E-state index contributed by atoms with van der Waals surface area (Å²) in [7, 11) is 0. The minimum Gasteiger partial charge on any atom is -0.264 e. The summed E-state index contributed by atoms with van der Waals surface area (Å²) in [4.78, 5) is 4.33. The molecule has 2 aliphatic rings. The van der Waals surface area contributed by atoms with Gasteiger partial charge in [-0.2, -0.15) is 0 Å². The van der Waals surface area contributed by atoms with Crippen molar-refractivity contribution in [3.05, 3.63) is 36.0 Å². The molecule has 1 heterocycles. The molecule has 0 aliphatic heterocycles. The summed E-state index contributed by atoms with van der Waals surface area (Å²) in [6.45, 7) is 0. The zero-order valence-corrected chi connectivity index (χ0v) is 7.74. The smallest absolute Gasteiger partial charge is 0.0303 e. The van der Waals surface area contributed by atoms with Crippen LogP contribution in [-0.4, -0.2) is 4.98 Å². The number of hydrogen-bond acceptors (Lipinski definition) is 1. The molecule has 1 radical (unpaired) electrons. The van der Waals surface area contributed by atoms with Gasteiger partial charge in [0.05, 0.1) is 0 Å². The van der Waals surface area contributed by atoms with Crippen molar-refractivity contribution < 1.29 is 0 Å². The molecular weight excluding hydrogens is 158 g/mol. The fourth-order valence-electron chi connectivity index (χ4n) is 1.98. The Hall–Kier alpha value is -0.850. The highest BCUT2D eigenvalue weighted by atomic mass is 14.6. The Labute approximate surface area is 79.2 Å². The lowest BCUT2D eigenvalue weighted by Gasteiger charge is -2.25. The Morgan fingerprint density at radius 1 is 1.15 bits per heavy atom. The Morgan fingerprint density at radius 3 is 2.54 bits per heavy atom. The first-order valence-corrected chi connectivity index (χ1v) is 5.21. The standard InChI is InChI=1S/C12H14N/c1-2-9(3-1)11-6-12(8-13-7-11)10-4-5-10/h4,6-10H,1-3,5H2. The summed E-state index contributed by atoms with van der Waals surface area (Å²) in [5.41, 5.74) is 2.91. The maximum Gasteiger partial charge on any atom is 0.0303 e. The van der Waals surface area contributed by atoms with Crippen molar-refractivity contribution in [3.63, 3.8) is 0 Å². The van der Waals surface area contributed by atoms with Crippen molar-refractivity contribution in [2.24, 2.45) is 0 Å². The summed E-state index contributed by atoms with van der Waals surface area (Å²) in [6.07, 6.45) is 11.8. The number of pyridine rings is 1. The van der Waals surface area contributed by atoms with Crippen LogP contribution in [0.25, 0.3) is 0 Å². The Kier molecular flexibility index (Phi) is 1.64. The largest absolute Gasteiger partial charge is 0.264 e. The average Bonchev–Trinajstić information content (AvgIpc) is 2.83. The van der Waals surface area contributed by atoms with Crippen LogP contribution >= 0.6 is 0 Å². The lowest BCUT2D eigenvalue weighted by Crippen LogP contribution is -2.09. The van der Waals surface area contributed by atoms with Gasteiger partial charge in [0.25, 0.3) is 0 Å². The average molecular weight is 172 g/mol. The molecule has 1 aromatic rings. The molecule has 0 aromatic carbocycles. The van der Waals surface area contributed by atoms with E-state index in [0.29, 0.717) is 0 Å². The van der Waals surface area contributed by atoms with Crippen LogP contribution in [0.5, 0.6) is 0 Å². The van der Waals surface area contributed by atoms with Gasteiger partial charge in [0.2, 0.25) is 0 Å². The van der Waals surface area contributed by atoms with Gasteiger partial charge < -0.3 is 0 Å². The van der Waals surface area contributed by atoms with Crippen molar-refractivity contribution in [2.75, 3.05) is 0 Å². The van der Waals surface area contributed by atoms with E-state index in [9.17, 15) is 0 Å². The zero-order chi connectivity index (χ0) is 8.67. The minimum absolute atomic E-state index is 0.729. The maximum atomic E-state index is 4.33. The van der Waals surface area contributed by atoms with Gasteiger partial charge in [-0.05, 0) is 48.6 Å². The molecule has 0 saturated heterocycles. The van der Waals surface area contributed by atoms with Crippen LogP contribution in [0.15, 0.2) is 18.5 Å². The molecule has 2 saturated carbocycles. The fourth-order valence-corrected chi connectivity index (χ4v) is 1.98. The van der Waals surface area contributed by atoms with E-state index in [1.54, 1.807) is 0 Å². The lowest BCUT2D eigenvalue weighted by molar-refractivity contribution is 0.418. The molecule has 1 unspecified atom stereocenters. The topological polar surface area (TPSA) is 12.9 Å². The van der Waals surface area contributed by atoms with Crippen molar-refractivity contribution in [1.82, 2.24) is 4.98 Å². The highest BCUT2D eigenvalue weighted by molar-refractivity contribution is 5.32. The first kappa shape index (κ1) is 7.54. The molecule has 1 atom stereocenters. The maximum absolute atomic E-state index is 4.33. The first-order valence-electron chi connectivity index (χ1n) is 5.21. The summed E-state index contributed by atoms with van der Waals surface area (Å²) in [6, 6.07) is 2.37. The second-order valence-electron chi connectivity index (χ2n) is 4.26. The van der Waals surface area contributed by atoms with Gasteiger partial charge in [-0.15, -0.1) is 0 Å². The number of aromatic nitrogens is 1. The molecule has 1 aromatic heterocycles. The van der Waals surface area contributed by atoms with E-state index in [2.05, 4.69) is 23.7 Å². The monoisotopic (exact) mass is 172 g/mol. The summed E-state index contributed by atoms with van der Waals surface area (Å²) < 4.78 is 0. The van der Waals surface area contributed by atoms with Crippen LogP contribution in [0.1, 0.15) is 48.6 Å². The summed E-state index contributed by atoms with van der Waals surface area (Å²) in [5, 5.41) is 0. The fraction of sp³-hybridized carbons (Fsp3) is 0.500. The van der Waals surface area contributed by atoms with Crippen molar-refractivity contribution in [3.8, 4) is 0 Å². The first-order chi connectivity index (χ1) is 6.43. The highest BCUT2D eigenvalue weighted by Gasteiger charge is 2.26. The number of hydrogen-bond donors (Lipinski definition) is 0. The molecule has 13 heavy (non-hydrogen) atoms. The molecule has 1 nitrogen and oxygen atoms in total. The van der Waals surface area contributed by atoms with Crippen molar-refractivity contribution in [2.45, 2.75) is 37.5 Å². The molecule has 2 aliphatic carbocycles. The Bertz CT molecular complexity index is 311. The molecule has 1 heteroatoms. The quantitative estimate of drug-likeness (QED) is 0.668. The van der Waals surface area contributed by atoms with E-state index in [1.165, 1.54) is 36.8 Å². The zero-order valence-electron chi connectivity index (χ0n) is 7.74. The Balaban J connectivity index is 1.87. The minimum atomic E-state index is 0.729. The van der Waals surface area contributed by atoms with Crippen LogP contribution in [0.2, 0.25) is 0 Å². The summed E-state index contributed by atoms with van der Waals surface area (Å²) >= 11 is 0. The van der Waals surface area contributed by atoms with Gasteiger partial charge in [-0.1, -0.05) is 12.5 Å². The molecule has 0 bridgehead atoms. The van der Waals surface area contributed by atoms with Gasteiger partial charge in [-0.3, -0.25) is 4.98 Å². The van der Waals surface area contributed by atoms with E-state index >= 15 is 0 Å². The normalized spacial score (nSPS) is 22.8. The second kappa shape index (κ2) is 2.83. The van der Waals surface area contributed by atoms with E-state index < -0.39 is 0 Å². The van der Waals surface area contributed by atoms with E-state index in [4.69, 9.17) is 0 Å². The SMILES string of the molecule is [CH]1CC1c1cncc(C2CCC2)c1. The van der Waals surface area contributed by atoms with Gasteiger partial charge in [0, 0.05) is 12.4 Å². The molecule has 0 amide bonds. The van der Waals surface area contributed by atoms with E-state index in [0.717, 1.165) is 11.8 Å². The van der Waals surface area contributed by atoms with Crippen LogP contribution in [0.4, 0.5) is 0 Å². The molecule has 0 N–H and O–H groups in total. The third kappa shape index (κ3) is 1.37. The van der Waals surface area contributed by atoms with Crippen LogP contribution < -0.4 is 0 Å². The van der Waals surface area contributed by atoms with Gasteiger partial charge in [-0.25, -0.2) is 0 Å². The molecular formula is C12H14N. The lowest BCUT2D eigenvalue weighted by atomic mass is 9.80. The molecule has 2 fully saturated rings. The number of nitrogens with zero attached hydrogens (tertiary/aromatic N) is 1.